The minimum absolute atomic E-state index is 0.188. The van der Waals surface area contributed by atoms with Gasteiger partial charge in [-0.15, -0.1) is 0 Å². The predicted molar refractivity (Wildman–Crippen MR) is 115 cm³/mol. The van der Waals surface area contributed by atoms with Crippen LogP contribution in [0.3, 0.4) is 0 Å². The summed E-state index contributed by atoms with van der Waals surface area (Å²) in [6.07, 6.45) is 5.10. The van der Waals surface area contributed by atoms with Crippen LogP contribution in [-0.2, 0) is 0 Å². The molecule has 8 nitrogen and oxygen atoms in total. The standard InChI is InChI=1S/C19H19IN6O2/c1-12(14-4-5-21-19-18(14)27-6-7-28-19)9-22-17-8-15(24-11-25-17)13-2-3-16(26-20)23-10-13/h2-5,8,10-12H,6-7,9H2,1H3,(H,23,26)(H,22,24,25)/t12-/m1/s1. The van der Waals surface area contributed by atoms with Gasteiger partial charge in [-0.05, 0) is 18.2 Å². The molecule has 0 spiro atoms. The molecule has 4 heterocycles. The molecule has 0 radical (unpaired) electrons. The molecule has 1 atom stereocenters. The first-order valence-electron chi connectivity index (χ1n) is 8.88. The summed E-state index contributed by atoms with van der Waals surface area (Å²) < 4.78 is 14.3. The van der Waals surface area contributed by atoms with E-state index >= 15 is 0 Å². The second-order valence-corrected chi connectivity index (χ2v) is 6.87. The summed E-state index contributed by atoms with van der Waals surface area (Å²) in [5.74, 6) is 3.05. The first-order valence-corrected chi connectivity index (χ1v) is 9.96. The summed E-state index contributed by atoms with van der Waals surface area (Å²) in [7, 11) is 0. The summed E-state index contributed by atoms with van der Waals surface area (Å²) in [4.78, 5) is 17.2. The highest BCUT2D eigenvalue weighted by molar-refractivity contribution is 14.1. The Bertz CT molecular complexity index is 953. The van der Waals surface area contributed by atoms with Gasteiger partial charge in [-0.1, -0.05) is 6.92 Å². The molecule has 144 valence electrons. The molecule has 0 saturated heterocycles. The molecule has 28 heavy (non-hydrogen) atoms. The van der Waals surface area contributed by atoms with Crippen LogP contribution in [0.25, 0.3) is 11.3 Å². The lowest BCUT2D eigenvalue weighted by Crippen LogP contribution is -2.19. The fourth-order valence-corrected chi connectivity index (χ4v) is 3.26. The third-order valence-electron chi connectivity index (χ3n) is 4.41. The molecule has 0 aromatic carbocycles. The van der Waals surface area contributed by atoms with Crippen LogP contribution >= 0.6 is 22.9 Å². The number of halogens is 1. The molecule has 0 aliphatic carbocycles. The predicted octanol–water partition coefficient (Wildman–Crippen LogP) is 3.68. The average molecular weight is 490 g/mol. The molecule has 0 amide bonds. The highest BCUT2D eigenvalue weighted by Crippen LogP contribution is 2.35. The van der Waals surface area contributed by atoms with E-state index in [0.717, 1.165) is 34.2 Å². The summed E-state index contributed by atoms with van der Waals surface area (Å²) in [5.41, 5.74) is 2.82. The van der Waals surface area contributed by atoms with E-state index in [1.165, 1.54) is 0 Å². The third kappa shape index (κ3) is 4.08. The second kappa shape index (κ2) is 8.55. The molecule has 9 heteroatoms. The van der Waals surface area contributed by atoms with E-state index in [0.29, 0.717) is 25.6 Å². The quantitative estimate of drug-likeness (QED) is 0.400. The van der Waals surface area contributed by atoms with Gasteiger partial charge in [0.05, 0.1) is 28.6 Å². The van der Waals surface area contributed by atoms with Crippen molar-refractivity contribution in [1.82, 2.24) is 19.9 Å². The monoisotopic (exact) mass is 490 g/mol. The van der Waals surface area contributed by atoms with Crippen LogP contribution in [0.15, 0.2) is 43.0 Å². The first-order chi connectivity index (χ1) is 13.7. The SMILES string of the molecule is C[C@H](CNc1cc(-c2ccc(NI)nc2)ncn1)c1ccnc2c1OCCO2. The zero-order valence-corrected chi connectivity index (χ0v) is 17.4. The molecule has 0 fully saturated rings. The smallest absolute Gasteiger partial charge is 0.257 e. The molecule has 0 saturated carbocycles. The van der Waals surface area contributed by atoms with Gasteiger partial charge in [0.15, 0.2) is 5.75 Å². The Morgan fingerprint density at radius 1 is 1.07 bits per heavy atom. The Morgan fingerprint density at radius 3 is 2.79 bits per heavy atom. The average Bonchev–Trinajstić information content (AvgIpc) is 2.77. The van der Waals surface area contributed by atoms with Gasteiger partial charge in [0.1, 0.15) is 31.2 Å². The molecule has 3 aromatic rings. The maximum atomic E-state index is 5.77. The number of aromatic nitrogens is 4. The summed E-state index contributed by atoms with van der Waals surface area (Å²) >= 11 is 2.05. The van der Waals surface area contributed by atoms with Crippen LogP contribution in [0.4, 0.5) is 11.6 Å². The van der Waals surface area contributed by atoms with Crippen molar-refractivity contribution in [2.24, 2.45) is 0 Å². The van der Waals surface area contributed by atoms with Crippen LogP contribution in [0, 0.1) is 0 Å². The van der Waals surface area contributed by atoms with Crippen LogP contribution in [0.5, 0.6) is 11.6 Å². The minimum atomic E-state index is 0.188. The number of nitrogens with one attached hydrogen (secondary N) is 2. The lowest BCUT2D eigenvalue weighted by atomic mass is 10.0. The zero-order chi connectivity index (χ0) is 19.3. The third-order valence-corrected chi connectivity index (χ3v) is 4.97. The summed E-state index contributed by atoms with van der Waals surface area (Å²) in [6, 6.07) is 7.78. The van der Waals surface area contributed by atoms with Gasteiger partial charge >= 0.3 is 0 Å². The maximum Gasteiger partial charge on any atom is 0.257 e. The van der Waals surface area contributed by atoms with E-state index < -0.39 is 0 Å². The zero-order valence-electron chi connectivity index (χ0n) is 15.2. The Kier molecular flexibility index (Phi) is 5.70. The molecule has 1 aliphatic rings. The van der Waals surface area contributed by atoms with Crippen LogP contribution < -0.4 is 18.3 Å². The molecule has 2 N–H and O–H groups in total. The van der Waals surface area contributed by atoms with Crippen molar-refractivity contribution in [3.05, 3.63) is 48.5 Å². The summed E-state index contributed by atoms with van der Waals surface area (Å²) in [6.45, 7) is 3.89. The van der Waals surface area contributed by atoms with Crippen molar-refractivity contribution in [3.8, 4) is 22.9 Å². The van der Waals surface area contributed by atoms with E-state index in [2.05, 4.69) is 58.6 Å². The topological polar surface area (TPSA) is 94.1 Å². The van der Waals surface area contributed by atoms with Crippen molar-refractivity contribution in [2.75, 3.05) is 28.6 Å². The molecule has 0 unspecified atom stereocenters. The Hall–Kier alpha value is -2.69. The van der Waals surface area contributed by atoms with Gasteiger partial charge in [-0.2, -0.15) is 0 Å². The summed E-state index contributed by atoms with van der Waals surface area (Å²) in [5, 5.41) is 3.38. The fraction of sp³-hybridized carbons (Fsp3) is 0.263. The first kappa shape index (κ1) is 18.7. The van der Waals surface area contributed by atoms with E-state index in [4.69, 9.17) is 9.47 Å². The minimum Gasteiger partial charge on any atom is -0.484 e. The number of rotatable bonds is 6. The molecular weight excluding hydrogens is 471 g/mol. The van der Waals surface area contributed by atoms with Gasteiger partial charge in [0.25, 0.3) is 5.88 Å². The normalized spacial score (nSPS) is 13.6. The number of anilines is 2. The number of hydrogen-bond donors (Lipinski definition) is 2. The number of hydrogen-bond acceptors (Lipinski definition) is 8. The number of pyridine rings is 2. The Labute approximate surface area is 176 Å². The van der Waals surface area contributed by atoms with E-state index in [1.54, 1.807) is 18.7 Å². The molecular formula is C19H19IN6O2. The fourth-order valence-electron chi connectivity index (χ4n) is 2.94. The highest BCUT2D eigenvalue weighted by atomic mass is 127. The van der Waals surface area contributed by atoms with E-state index in [-0.39, 0.29) is 5.92 Å². The number of ether oxygens (including phenoxy) is 2. The van der Waals surface area contributed by atoms with E-state index in [1.807, 2.05) is 24.3 Å². The van der Waals surface area contributed by atoms with Gasteiger partial charge in [0.2, 0.25) is 0 Å². The molecule has 1 aliphatic heterocycles. The van der Waals surface area contributed by atoms with Crippen LogP contribution in [0.1, 0.15) is 18.4 Å². The van der Waals surface area contributed by atoms with E-state index in [9.17, 15) is 0 Å². The number of nitrogens with zero attached hydrogens (tertiary/aromatic N) is 4. The Morgan fingerprint density at radius 2 is 1.96 bits per heavy atom. The Balaban J connectivity index is 1.46. The lowest BCUT2D eigenvalue weighted by molar-refractivity contribution is 0.162. The highest BCUT2D eigenvalue weighted by Gasteiger charge is 2.20. The van der Waals surface area contributed by atoms with Crippen LogP contribution in [0.2, 0.25) is 0 Å². The number of fused-ring (bicyclic) bond motifs is 1. The van der Waals surface area contributed by atoms with Crippen molar-refractivity contribution in [2.45, 2.75) is 12.8 Å². The lowest BCUT2D eigenvalue weighted by Gasteiger charge is -2.22. The van der Waals surface area contributed by atoms with Crippen molar-refractivity contribution in [1.29, 1.82) is 0 Å². The van der Waals surface area contributed by atoms with Crippen molar-refractivity contribution >= 4 is 34.5 Å². The van der Waals surface area contributed by atoms with Gasteiger partial charge < -0.3 is 18.3 Å². The maximum absolute atomic E-state index is 5.77. The molecule has 0 bridgehead atoms. The van der Waals surface area contributed by atoms with Gasteiger partial charge in [0, 0.05) is 42.0 Å². The molecule has 4 rings (SSSR count). The second-order valence-electron chi connectivity index (χ2n) is 6.33. The van der Waals surface area contributed by atoms with Gasteiger partial charge in [-0.25, -0.2) is 19.9 Å². The van der Waals surface area contributed by atoms with Crippen molar-refractivity contribution < 1.29 is 9.47 Å². The molecule has 3 aromatic heterocycles. The van der Waals surface area contributed by atoms with Crippen molar-refractivity contribution in [3.63, 3.8) is 0 Å². The van der Waals surface area contributed by atoms with Gasteiger partial charge in [-0.3, -0.25) is 0 Å². The largest absolute Gasteiger partial charge is 0.484 e. The van der Waals surface area contributed by atoms with Crippen LogP contribution in [-0.4, -0.2) is 39.7 Å².